The van der Waals surface area contributed by atoms with Gasteiger partial charge in [0.05, 0.1) is 17.5 Å². The lowest BCUT2D eigenvalue weighted by molar-refractivity contribution is -0.123. The molecule has 1 heterocycles. The summed E-state index contributed by atoms with van der Waals surface area (Å²) in [4.78, 5) is 69.8. The van der Waals surface area contributed by atoms with Gasteiger partial charge in [-0.05, 0) is 67.7 Å². The summed E-state index contributed by atoms with van der Waals surface area (Å²) in [5.74, 6) is -3.92. The van der Waals surface area contributed by atoms with Crippen LogP contribution in [-0.2, 0) is 25.8 Å². The number of rotatable bonds is 7. The molecule has 0 unspecified atom stereocenters. The fourth-order valence-electron chi connectivity index (χ4n) is 8.11. The maximum Gasteiger partial charge on any atom is 0.238 e. The third kappa shape index (κ3) is 5.44. The molecule has 0 bridgehead atoms. The summed E-state index contributed by atoms with van der Waals surface area (Å²) >= 11 is 0. The lowest BCUT2D eigenvalue weighted by atomic mass is 9.59. The van der Waals surface area contributed by atoms with Crippen LogP contribution >= 0.6 is 0 Å². The van der Waals surface area contributed by atoms with E-state index in [0.29, 0.717) is 51.5 Å². The number of amides is 2. The van der Waals surface area contributed by atoms with Crippen LogP contribution in [0.15, 0.2) is 138 Å². The fraction of sp³-hybridized carbons (Fsp3) is 0.186. The third-order valence-corrected chi connectivity index (χ3v) is 10.5. The molecule has 1 N–H and O–H groups in total. The quantitative estimate of drug-likeness (QED) is 0.0987. The third-order valence-electron chi connectivity index (χ3n) is 10.5. The summed E-state index contributed by atoms with van der Waals surface area (Å²) < 4.78 is 5.94. The first kappa shape index (κ1) is 32.1. The second-order valence-corrected chi connectivity index (χ2v) is 13.5. The number of ketones is 3. The van der Waals surface area contributed by atoms with Gasteiger partial charge in [-0.2, -0.15) is 0 Å². The Balaban J connectivity index is 1.12. The number of ether oxygens (including phenoxy) is 1. The number of nitrogens with zero attached hydrogens (tertiary/aromatic N) is 1. The van der Waals surface area contributed by atoms with Gasteiger partial charge >= 0.3 is 0 Å². The maximum absolute atomic E-state index is 14.3. The summed E-state index contributed by atoms with van der Waals surface area (Å²) in [6.45, 7) is 1.90. The zero-order chi connectivity index (χ0) is 35.4. The van der Waals surface area contributed by atoms with Gasteiger partial charge in [0.25, 0.3) is 0 Å². The van der Waals surface area contributed by atoms with Gasteiger partial charge in [-0.1, -0.05) is 78.4 Å². The van der Waals surface area contributed by atoms with E-state index in [1.165, 1.54) is 17.0 Å². The van der Waals surface area contributed by atoms with Gasteiger partial charge in [-0.3, -0.25) is 28.9 Å². The number of phenolic OH excluding ortho intramolecular Hbond substituents is 1. The normalized spacial score (nSPS) is 22.6. The largest absolute Gasteiger partial charge is 0.507 e. The predicted octanol–water partition coefficient (Wildman–Crippen LogP) is 6.84. The lowest BCUT2D eigenvalue weighted by Crippen LogP contribution is -2.39. The molecule has 2 amide bonds. The Labute approximate surface area is 294 Å². The van der Waals surface area contributed by atoms with Crippen molar-refractivity contribution in [3.63, 3.8) is 0 Å². The standard InChI is InChI=1S/C43H33NO7/c1-24-20-36(46)39-34(40(24)47)22-33-30(37(39)31-17-16-29(21-35(31)45)51-23-25-8-4-2-5-9-25)18-19-32-38(33)43(50)44(42(32)49)28-14-12-27(13-15-28)41(48)26-10-6-3-7-11-26/h2-18,20-21,32-33,37-38,45H,19,22-23H2,1H3/t32-,33+,37+,38-/m0/s1. The van der Waals surface area contributed by atoms with Crippen molar-refractivity contribution in [1.29, 1.82) is 0 Å². The highest BCUT2D eigenvalue weighted by atomic mass is 16.5. The first-order chi connectivity index (χ1) is 24.7. The molecule has 8 nitrogen and oxygen atoms in total. The van der Waals surface area contributed by atoms with Crippen LogP contribution in [0.1, 0.15) is 52.7 Å². The van der Waals surface area contributed by atoms with Gasteiger partial charge in [-0.15, -0.1) is 0 Å². The molecule has 4 atom stereocenters. The second-order valence-electron chi connectivity index (χ2n) is 13.5. The molecular formula is C43H33NO7. The number of hydrogen-bond acceptors (Lipinski definition) is 7. The van der Waals surface area contributed by atoms with E-state index in [2.05, 4.69) is 0 Å². The van der Waals surface area contributed by atoms with Crippen LogP contribution in [0.25, 0.3) is 0 Å². The number of carbonyl (C=O) groups is 5. The van der Waals surface area contributed by atoms with Gasteiger partial charge in [-0.25, -0.2) is 0 Å². The highest BCUT2D eigenvalue weighted by Crippen LogP contribution is 2.56. The summed E-state index contributed by atoms with van der Waals surface area (Å²) in [5.41, 5.74) is 4.38. The Kier molecular flexibility index (Phi) is 7.94. The van der Waals surface area contributed by atoms with E-state index >= 15 is 0 Å². The van der Waals surface area contributed by atoms with Crippen molar-refractivity contribution in [3.8, 4) is 11.5 Å². The molecule has 1 fully saturated rings. The van der Waals surface area contributed by atoms with Gasteiger partial charge < -0.3 is 9.84 Å². The average molecular weight is 676 g/mol. The molecule has 1 aliphatic heterocycles. The molecule has 0 spiro atoms. The number of hydrogen-bond donors (Lipinski definition) is 1. The van der Waals surface area contributed by atoms with Crippen molar-refractivity contribution in [3.05, 3.63) is 160 Å². The highest BCUT2D eigenvalue weighted by Gasteiger charge is 2.56. The zero-order valence-electron chi connectivity index (χ0n) is 27.7. The Morgan fingerprint density at radius 3 is 2.22 bits per heavy atom. The minimum Gasteiger partial charge on any atom is -0.507 e. The summed E-state index contributed by atoms with van der Waals surface area (Å²) in [6.07, 6.45) is 3.65. The molecular weight excluding hydrogens is 642 g/mol. The topological polar surface area (TPSA) is 118 Å². The number of fused-ring (bicyclic) bond motifs is 3. The molecule has 51 heavy (non-hydrogen) atoms. The van der Waals surface area contributed by atoms with E-state index in [1.54, 1.807) is 67.6 Å². The van der Waals surface area contributed by atoms with E-state index in [9.17, 15) is 29.1 Å². The van der Waals surface area contributed by atoms with E-state index in [1.807, 2.05) is 42.5 Å². The van der Waals surface area contributed by atoms with Gasteiger partial charge in [0.2, 0.25) is 11.8 Å². The maximum atomic E-state index is 14.3. The summed E-state index contributed by atoms with van der Waals surface area (Å²) in [5, 5.41) is 11.4. The minimum absolute atomic E-state index is 0.104. The first-order valence-corrected chi connectivity index (χ1v) is 17.0. The van der Waals surface area contributed by atoms with E-state index < -0.39 is 23.7 Å². The summed E-state index contributed by atoms with van der Waals surface area (Å²) in [6, 6.07) is 29.9. The van der Waals surface area contributed by atoms with Gasteiger partial charge in [0.1, 0.15) is 18.1 Å². The molecule has 8 rings (SSSR count). The Morgan fingerprint density at radius 1 is 0.824 bits per heavy atom. The molecule has 3 aliphatic carbocycles. The van der Waals surface area contributed by atoms with Crippen molar-refractivity contribution >= 4 is 34.9 Å². The number of imide groups is 1. The number of benzene rings is 4. The number of carbonyl (C=O) groups excluding carboxylic acids is 5. The van der Waals surface area contributed by atoms with Gasteiger partial charge in [0, 0.05) is 45.4 Å². The average Bonchev–Trinajstić information content (AvgIpc) is 3.41. The highest BCUT2D eigenvalue weighted by molar-refractivity contribution is 6.25. The molecule has 1 saturated heterocycles. The molecule has 252 valence electrons. The van der Waals surface area contributed by atoms with Crippen LogP contribution in [0.4, 0.5) is 5.69 Å². The molecule has 8 heteroatoms. The van der Waals surface area contributed by atoms with Crippen LogP contribution in [-0.4, -0.2) is 34.3 Å². The number of aromatic hydroxyl groups is 1. The molecule has 0 saturated carbocycles. The monoisotopic (exact) mass is 675 g/mol. The number of Topliss-reactive ketones (excluding diaryl/α,β-unsaturated/α-hetero) is 1. The number of phenols is 1. The number of allylic oxidation sites excluding steroid dienone is 6. The molecule has 0 radical (unpaired) electrons. The van der Waals surface area contributed by atoms with Crippen molar-refractivity contribution in [2.75, 3.05) is 4.90 Å². The van der Waals surface area contributed by atoms with Crippen molar-refractivity contribution in [2.24, 2.45) is 17.8 Å². The SMILES string of the molecule is CC1=CC(=O)C2=C(C[C@@H]3C(=CC[C@@H]4C(=O)N(c5ccc(C(=O)c6ccccc6)cc5)C(=O)[C@@H]43)[C@@H]2c2ccc(OCc3ccccc3)cc2O)C1=O. The zero-order valence-corrected chi connectivity index (χ0v) is 27.7. The minimum atomic E-state index is -0.788. The lowest BCUT2D eigenvalue weighted by Gasteiger charge is -2.42. The fourth-order valence-corrected chi connectivity index (χ4v) is 8.11. The van der Waals surface area contributed by atoms with E-state index in [4.69, 9.17) is 4.74 Å². The van der Waals surface area contributed by atoms with Crippen LogP contribution in [0.2, 0.25) is 0 Å². The smallest absolute Gasteiger partial charge is 0.238 e. The van der Waals surface area contributed by atoms with Crippen LogP contribution in [0.3, 0.4) is 0 Å². The molecule has 4 aromatic rings. The van der Waals surface area contributed by atoms with Crippen molar-refractivity contribution in [1.82, 2.24) is 0 Å². The summed E-state index contributed by atoms with van der Waals surface area (Å²) in [7, 11) is 0. The Morgan fingerprint density at radius 2 is 1.51 bits per heavy atom. The van der Waals surface area contributed by atoms with Crippen LogP contribution < -0.4 is 9.64 Å². The number of anilines is 1. The second kappa shape index (κ2) is 12.6. The first-order valence-electron chi connectivity index (χ1n) is 17.0. The van der Waals surface area contributed by atoms with Crippen molar-refractivity contribution in [2.45, 2.75) is 32.3 Å². The Hall–Kier alpha value is -6.15. The van der Waals surface area contributed by atoms with Crippen molar-refractivity contribution < 1.29 is 33.8 Å². The molecule has 4 aromatic carbocycles. The van der Waals surface area contributed by atoms with E-state index in [0.717, 1.165) is 11.1 Å². The molecule has 0 aromatic heterocycles. The van der Waals surface area contributed by atoms with Crippen LogP contribution in [0, 0.1) is 17.8 Å². The van der Waals surface area contributed by atoms with E-state index in [-0.39, 0.29) is 47.8 Å². The Bertz CT molecular complexity index is 2230. The van der Waals surface area contributed by atoms with Crippen LogP contribution in [0.5, 0.6) is 11.5 Å². The molecule has 4 aliphatic rings. The predicted molar refractivity (Wildman–Crippen MR) is 189 cm³/mol. The van der Waals surface area contributed by atoms with Gasteiger partial charge in [0.15, 0.2) is 17.3 Å².